The number of aromatic nitrogens is 4. The number of rotatable bonds is 5. The third-order valence-electron chi connectivity index (χ3n) is 2.72. The van der Waals surface area contributed by atoms with Gasteiger partial charge in [0.2, 0.25) is 11.7 Å². The third kappa shape index (κ3) is 3.59. The fourth-order valence-corrected chi connectivity index (χ4v) is 1.61. The molecule has 0 aliphatic carbocycles. The van der Waals surface area contributed by atoms with E-state index in [1.165, 1.54) is 0 Å². The molecular weight excluding hydrogens is 244 g/mol. The summed E-state index contributed by atoms with van der Waals surface area (Å²) in [6.45, 7) is 1.95. The van der Waals surface area contributed by atoms with Crippen molar-refractivity contribution in [2.75, 3.05) is 5.32 Å². The zero-order chi connectivity index (χ0) is 13.7. The molecule has 0 saturated heterocycles. The predicted molar refractivity (Wildman–Crippen MR) is 71.1 cm³/mol. The van der Waals surface area contributed by atoms with Gasteiger partial charge in [-0.1, -0.05) is 19.1 Å². The number of aromatic amines is 1. The highest BCUT2D eigenvalue weighted by Gasteiger charge is 2.09. The number of nitrogens with two attached hydrogens (primary N) is 1. The molecule has 0 bridgehead atoms. The highest BCUT2D eigenvalue weighted by molar-refractivity contribution is 5.91. The molecule has 7 heteroatoms. The fraction of sp³-hybridized carbons (Fsp3) is 0.333. The van der Waals surface area contributed by atoms with Crippen molar-refractivity contribution in [1.29, 1.82) is 0 Å². The number of amides is 1. The van der Waals surface area contributed by atoms with Gasteiger partial charge in [-0.15, -0.1) is 10.2 Å². The van der Waals surface area contributed by atoms with Crippen molar-refractivity contribution >= 4 is 11.6 Å². The van der Waals surface area contributed by atoms with Crippen LogP contribution in [0.15, 0.2) is 24.3 Å². The van der Waals surface area contributed by atoms with Crippen molar-refractivity contribution in [3.63, 3.8) is 0 Å². The minimum atomic E-state index is -0.111. The number of H-pyrrole nitrogens is 1. The molecule has 100 valence electrons. The van der Waals surface area contributed by atoms with Crippen molar-refractivity contribution in [3.05, 3.63) is 24.3 Å². The molecule has 1 heterocycles. The van der Waals surface area contributed by atoms with Gasteiger partial charge in [0.15, 0.2) is 0 Å². The first-order chi connectivity index (χ1) is 9.19. The Bertz CT molecular complexity index is 539. The van der Waals surface area contributed by atoms with Crippen LogP contribution in [0.5, 0.6) is 0 Å². The second-order valence-electron chi connectivity index (χ2n) is 4.24. The van der Waals surface area contributed by atoms with Crippen LogP contribution in [0, 0.1) is 0 Å². The maximum absolute atomic E-state index is 11.7. The minimum absolute atomic E-state index is 0.0976. The summed E-state index contributed by atoms with van der Waals surface area (Å²) in [5.74, 6) is 0.390. The zero-order valence-corrected chi connectivity index (χ0v) is 10.6. The van der Waals surface area contributed by atoms with Gasteiger partial charge < -0.3 is 11.1 Å². The number of anilines is 1. The normalized spacial score (nSPS) is 12.1. The number of hydrogen-bond donors (Lipinski definition) is 3. The van der Waals surface area contributed by atoms with Crippen molar-refractivity contribution in [1.82, 2.24) is 20.6 Å². The Balaban J connectivity index is 2.05. The Labute approximate surface area is 110 Å². The Morgan fingerprint density at radius 1 is 1.53 bits per heavy atom. The molecule has 4 N–H and O–H groups in total. The van der Waals surface area contributed by atoms with Gasteiger partial charge in [0, 0.05) is 23.7 Å². The van der Waals surface area contributed by atoms with Crippen molar-refractivity contribution in [2.24, 2.45) is 5.73 Å². The number of carbonyl (C=O) groups excluding carboxylic acids is 1. The van der Waals surface area contributed by atoms with Gasteiger partial charge in [-0.3, -0.25) is 4.79 Å². The summed E-state index contributed by atoms with van der Waals surface area (Å²) in [5, 5.41) is 16.5. The van der Waals surface area contributed by atoms with Crippen molar-refractivity contribution < 1.29 is 4.79 Å². The monoisotopic (exact) mass is 260 g/mol. The van der Waals surface area contributed by atoms with E-state index < -0.39 is 0 Å². The van der Waals surface area contributed by atoms with Crippen LogP contribution in [-0.2, 0) is 4.79 Å². The highest BCUT2D eigenvalue weighted by Crippen LogP contribution is 2.18. The first-order valence-corrected chi connectivity index (χ1v) is 6.08. The van der Waals surface area contributed by atoms with Crippen LogP contribution < -0.4 is 11.1 Å². The van der Waals surface area contributed by atoms with Crippen molar-refractivity contribution in [3.8, 4) is 11.4 Å². The van der Waals surface area contributed by atoms with Gasteiger partial charge in [0.25, 0.3) is 0 Å². The van der Waals surface area contributed by atoms with E-state index in [1.54, 1.807) is 12.1 Å². The van der Waals surface area contributed by atoms with E-state index in [0.717, 1.165) is 12.0 Å². The summed E-state index contributed by atoms with van der Waals surface area (Å²) < 4.78 is 0. The lowest BCUT2D eigenvalue weighted by atomic mass is 10.1. The van der Waals surface area contributed by atoms with E-state index in [0.29, 0.717) is 17.9 Å². The van der Waals surface area contributed by atoms with Gasteiger partial charge in [0.05, 0.1) is 0 Å². The van der Waals surface area contributed by atoms with Crippen LogP contribution >= 0.6 is 0 Å². The molecule has 0 spiro atoms. The molecule has 1 aromatic carbocycles. The molecule has 1 unspecified atom stereocenters. The van der Waals surface area contributed by atoms with Crippen LogP contribution in [-0.4, -0.2) is 32.6 Å². The van der Waals surface area contributed by atoms with Crippen LogP contribution in [0.1, 0.15) is 19.8 Å². The molecule has 19 heavy (non-hydrogen) atoms. The van der Waals surface area contributed by atoms with Gasteiger partial charge in [-0.25, -0.2) is 0 Å². The number of benzene rings is 1. The minimum Gasteiger partial charge on any atom is -0.327 e. The quantitative estimate of drug-likeness (QED) is 0.741. The molecule has 0 fully saturated rings. The molecule has 7 nitrogen and oxygen atoms in total. The Morgan fingerprint density at radius 3 is 3.05 bits per heavy atom. The van der Waals surface area contributed by atoms with E-state index >= 15 is 0 Å². The van der Waals surface area contributed by atoms with Crippen LogP contribution in [0.3, 0.4) is 0 Å². The molecular formula is C12H16N6O. The highest BCUT2D eigenvalue weighted by atomic mass is 16.1. The van der Waals surface area contributed by atoms with Gasteiger partial charge in [-0.05, 0) is 23.8 Å². The Kier molecular flexibility index (Phi) is 4.19. The van der Waals surface area contributed by atoms with Crippen molar-refractivity contribution in [2.45, 2.75) is 25.8 Å². The second-order valence-corrected chi connectivity index (χ2v) is 4.24. The maximum Gasteiger partial charge on any atom is 0.225 e. The van der Waals surface area contributed by atoms with E-state index in [9.17, 15) is 4.79 Å². The molecule has 0 aliphatic rings. The number of carbonyl (C=O) groups is 1. The van der Waals surface area contributed by atoms with Gasteiger partial charge in [-0.2, -0.15) is 5.21 Å². The maximum atomic E-state index is 11.7. The standard InChI is InChI=1S/C12H16N6O/c1-2-9(13)7-11(19)14-10-5-3-4-8(6-10)12-15-17-18-16-12/h3-6,9H,2,7,13H2,1H3,(H,14,19)(H,15,16,17,18). The third-order valence-corrected chi connectivity index (χ3v) is 2.72. The largest absolute Gasteiger partial charge is 0.327 e. The Morgan fingerprint density at radius 2 is 2.37 bits per heavy atom. The summed E-state index contributed by atoms with van der Waals surface area (Å²) in [6, 6.07) is 7.15. The first kappa shape index (κ1) is 13.2. The van der Waals surface area contributed by atoms with Crippen LogP contribution in [0.2, 0.25) is 0 Å². The molecule has 1 amide bonds. The molecule has 2 aromatic rings. The average molecular weight is 260 g/mol. The SMILES string of the molecule is CCC(N)CC(=O)Nc1cccc(-c2nn[nH]n2)c1. The second kappa shape index (κ2) is 6.05. The average Bonchev–Trinajstić information content (AvgIpc) is 2.92. The molecule has 1 aromatic heterocycles. The summed E-state index contributed by atoms with van der Waals surface area (Å²) in [7, 11) is 0. The number of hydrogen-bond acceptors (Lipinski definition) is 5. The first-order valence-electron chi connectivity index (χ1n) is 6.08. The van der Waals surface area contributed by atoms with Crippen LogP contribution in [0.4, 0.5) is 5.69 Å². The van der Waals surface area contributed by atoms with Crippen LogP contribution in [0.25, 0.3) is 11.4 Å². The number of nitrogens with one attached hydrogen (secondary N) is 2. The summed E-state index contributed by atoms with van der Waals surface area (Å²) in [6.07, 6.45) is 1.08. The smallest absolute Gasteiger partial charge is 0.225 e. The lowest BCUT2D eigenvalue weighted by Gasteiger charge is -2.09. The summed E-state index contributed by atoms with van der Waals surface area (Å²) in [4.78, 5) is 11.7. The number of tetrazole rings is 1. The van der Waals surface area contributed by atoms with E-state index in [-0.39, 0.29) is 11.9 Å². The predicted octanol–water partition coefficient (Wildman–Crippen LogP) is 0.933. The Hall–Kier alpha value is -2.28. The molecule has 0 saturated carbocycles. The molecule has 1 atom stereocenters. The van der Waals surface area contributed by atoms with Gasteiger partial charge >= 0.3 is 0 Å². The lowest BCUT2D eigenvalue weighted by molar-refractivity contribution is -0.116. The summed E-state index contributed by atoms with van der Waals surface area (Å²) in [5.41, 5.74) is 7.22. The lowest BCUT2D eigenvalue weighted by Crippen LogP contribution is -2.26. The van der Waals surface area contributed by atoms with E-state index in [1.807, 2.05) is 19.1 Å². The van der Waals surface area contributed by atoms with E-state index in [2.05, 4.69) is 25.9 Å². The molecule has 0 aliphatic heterocycles. The summed E-state index contributed by atoms with van der Waals surface area (Å²) >= 11 is 0. The van der Waals surface area contributed by atoms with E-state index in [4.69, 9.17) is 5.73 Å². The number of nitrogens with zero attached hydrogens (tertiary/aromatic N) is 3. The molecule has 2 rings (SSSR count). The topological polar surface area (TPSA) is 110 Å². The molecule has 0 radical (unpaired) electrons. The van der Waals surface area contributed by atoms with Gasteiger partial charge in [0.1, 0.15) is 0 Å². The zero-order valence-electron chi connectivity index (χ0n) is 10.6. The fourth-order valence-electron chi connectivity index (χ4n) is 1.61.